The molecule has 0 fully saturated rings. The maximum absolute atomic E-state index is 14.5. The minimum Gasteiger partial charge on any atom is -0.508 e. The number of carbonyl (C=O) groups is 1. The number of carbonyl (C=O) groups excluding carboxylic acids is 1. The lowest BCUT2D eigenvalue weighted by atomic mass is 10.0. The Morgan fingerprint density at radius 3 is 2.43 bits per heavy atom. The number of rotatable bonds is 11. The summed E-state index contributed by atoms with van der Waals surface area (Å²) in [5.74, 6) is 0.943. The number of amides is 1. The monoisotopic (exact) mass is 650 g/mol. The lowest BCUT2D eigenvalue weighted by Gasteiger charge is -2.18. The standard InChI is InChI=1S/C35H35ClN8O3/c1-3-42(4-2)29(46)14-8-11-22-10-7-13-27-30(22)35(47)43(19-24-9-5-6-12-26(24)36)28(40-27)20-44-34-31(33(37)38-21-39-34)32(41-44)23-15-17-25(45)18-16-23/h5-7,9-10,12-13,15-18,21,45H,3-4,8,11,14,19-20H2,1-2H3,(H2,37,38,39). The highest BCUT2D eigenvalue weighted by Crippen LogP contribution is 2.31. The Labute approximate surface area is 276 Å². The highest BCUT2D eigenvalue weighted by atomic mass is 35.5. The van der Waals surface area contributed by atoms with Crippen molar-refractivity contribution in [3.63, 3.8) is 0 Å². The Kier molecular flexibility index (Phi) is 9.17. The van der Waals surface area contributed by atoms with Gasteiger partial charge in [-0.3, -0.25) is 14.2 Å². The van der Waals surface area contributed by atoms with Crippen LogP contribution in [0.4, 0.5) is 5.82 Å². The highest BCUT2D eigenvalue weighted by Gasteiger charge is 2.21. The van der Waals surface area contributed by atoms with E-state index in [1.807, 2.05) is 55.1 Å². The van der Waals surface area contributed by atoms with Gasteiger partial charge in [0.05, 0.1) is 22.8 Å². The van der Waals surface area contributed by atoms with E-state index in [-0.39, 0.29) is 36.1 Å². The van der Waals surface area contributed by atoms with E-state index in [2.05, 4.69) is 9.97 Å². The summed E-state index contributed by atoms with van der Waals surface area (Å²) in [4.78, 5) is 42.6. The van der Waals surface area contributed by atoms with Gasteiger partial charge < -0.3 is 15.7 Å². The zero-order valence-electron chi connectivity index (χ0n) is 26.2. The van der Waals surface area contributed by atoms with Crippen molar-refractivity contribution in [1.82, 2.24) is 34.2 Å². The first-order chi connectivity index (χ1) is 22.8. The molecular weight excluding hydrogens is 616 g/mol. The molecule has 0 spiro atoms. The number of aryl methyl sites for hydroxylation is 1. The minimum atomic E-state index is -0.208. The molecule has 0 aliphatic carbocycles. The summed E-state index contributed by atoms with van der Waals surface area (Å²) < 4.78 is 3.29. The van der Waals surface area contributed by atoms with Crippen LogP contribution in [0.1, 0.15) is 43.6 Å². The molecule has 0 bridgehead atoms. The molecule has 3 aromatic carbocycles. The molecule has 12 heteroatoms. The number of phenolic OH excluding ortho intramolecular Hbond substituents is 1. The third kappa shape index (κ3) is 6.39. The molecule has 240 valence electrons. The van der Waals surface area contributed by atoms with Crippen LogP contribution in [0.5, 0.6) is 5.75 Å². The molecule has 1 amide bonds. The van der Waals surface area contributed by atoms with E-state index in [4.69, 9.17) is 27.4 Å². The second kappa shape index (κ2) is 13.6. The lowest BCUT2D eigenvalue weighted by molar-refractivity contribution is -0.130. The predicted molar refractivity (Wildman–Crippen MR) is 183 cm³/mol. The molecule has 0 atom stereocenters. The lowest BCUT2D eigenvalue weighted by Crippen LogP contribution is -2.30. The van der Waals surface area contributed by atoms with E-state index in [1.165, 1.54) is 6.33 Å². The highest BCUT2D eigenvalue weighted by molar-refractivity contribution is 6.31. The third-order valence-corrected chi connectivity index (χ3v) is 8.75. The van der Waals surface area contributed by atoms with Gasteiger partial charge >= 0.3 is 0 Å². The fourth-order valence-corrected chi connectivity index (χ4v) is 6.12. The number of aromatic nitrogens is 6. The Bertz CT molecular complexity index is 2140. The number of hydrogen-bond donors (Lipinski definition) is 2. The number of hydrogen-bond acceptors (Lipinski definition) is 8. The molecule has 0 saturated carbocycles. The molecular formula is C35H35ClN8O3. The van der Waals surface area contributed by atoms with Crippen LogP contribution in [-0.2, 0) is 24.3 Å². The summed E-state index contributed by atoms with van der Waals surface area (Å²) in [7, 11) is 0. The molecule has 0 aliphatic heterocycles. The number of nitrogen functional groups attached to an aromatic ring is 1. The average Bonchev–Trinajstić information content (AvgIpc) is 3.44. The van der Waals surface area contributed by atoms with Crippen LogP contribution in [0.15, 0.2) is 77.9 Å². The van der Waals surface area contributed by atoms with E-state index in [0.29, 0.717) is 70.8 Å². The number of anilines is 1. The van der Waals surface area contributed by atoms with Gasteiger partial charge in [0, 0.05) is 30.1 Å². The van der Waals surface area contributed by atoms with Gasteiger partial charge in [0.25, 0.3) is 5.56 Å². The maximum atomic E-state index is 14.5. The molecule has 6 rings (SSSR count). The van der Waals surface area contributed by atoms with Gasteiger partial charge in [-0.25, -0.2) is 19.6 Å². The van der Waals surface area contributed by atoms with E-state index < -0.39 is 0 Å². The molecule has 47 heavy (non-hydrogen) atoms. The van der Waals surface area contributed by atoms with Crippen LogP contribution in [0.2, 0.25) is 5.02 Å². The van der Waals surface area contributed by atoms with Crippen LogP contribution >= 0.6 is 11.6 Å². The van der Waals surface area contributed by atoms with E-state index >= 15 is 0 Å². The third-order valence-electron chi connectivity index (χ3n) is 8.38. The fraction of sp³-hybridized carbons (Fsp3) is 0.257. The van der Waals surface area contributed by atoms with Crippen molar-refractivity contribution in [3.8, 4) is 17.0 Å². The molecule has 0 unspecified atom stereocenters. The van der Waals surface area contributed by atoms with Crippen molar-refractivity contribution in [3.05, 3.63) is 105 Å². The van der Waals surface area contributed by atoms with E-state index in [9.17, 15) is 14.7 Å². The Balaban J connectivity index is 1.45. The van der Waals surface area contributed by atoms with Crippen molar-refractivity contribution in [2.24, 2.45) is 0 Å². The molecule has 11 nitrogen and oxygen atoms in total. The first-order valence-electron chi connectivity index (χ1n) is 15.6. The minimum absolute atomic E-state index is 0.100. The topological polar surface area (TPSA) is 145 Å². The molecule has 0 radical (unpaired) electrons. The number of halogens is 1. The second-order valence-corrected chi connectivity index (χ2v) is 11.7. The van der Waals surface area contributed by atoms with E-state index in [1.54, 1.807) is 39.6 Å². The van der Waals surface area contributed by atoms with Gasteiger partial charge in [0.15, 0.2) is 5.65 Å². The second-order valence-electron chi connectivity index (χ2n) is 11.3. The zero-order valence-corrected chi connectivity index (χ0v) is 27.0. The molecule has 3 heterocycles. The average molecular weight is 651 g/mol. The smallest absolute Gasteiger partial charge is 0.262 e. The number of aromatic hydroxyl groups is 1. The van der Waals surface area contributed by atoms with Crippen molar-refractivity contribution < 1.29 is 9.90 Å². The number of nitrogens with zero attached hydrogens (tertiary/aromatic N) is 7. The number of fused-ring (bicyclic) bond motifs is 2. The van der Waals surface area contributed by atoms with Crippen LogP contribution in [0.3, 0.4) is 0 Å². The molecule has 3 aromatic heterocycles. The summed E-state index contributed by atoms with van der Waals surface area (Å²) in [6.07, 6.45) is 2.94. The number of phenols is 1. The summed E-state index contributed by atoms with van der Waals surface area (Å²) in [5.41, 5.74) is 10.0. The van der Waals surface area contributed by atoms with Crippen molar-refractivity contribution in [1.29, 1.82) is 0 Å². The number of nitrogens with two attached hydrogens (primary N) is 1. The zero-order chi connectivity index (χ0) is 33.1. The Hall–Kier alpha value is -5.29. The van der Waals surface area contributed by atoms with Crippen LogP contribution in [-0.4, -0.2) is 58.3 Å². The summed E-state index contributed by atoms with van der Waals surface area (Å²) in [6.45, 7) is 5.57. The van der Waals surface area contributed by atoms with Gasteiger partial charge in [-0.05, 0) is 74.2 Å². The van der Waals surface area contributed by atoms with Gasteiger partial charge in [-0.1, -0.05) is 41.9 Å². The largest absolute Gasteiger partial charge is 0.508 e. The first-order valence-corrected chi connectivity index (χ1v) is 16.0. The molecule has 0 aliphatic rings. The van der Waals surface area contributed by atoms with Crippen molar-refractivity contribution in [2.75, 3.05) is 18.8 Å². The molecule has 3 N–H and O–H groups in total. The van der Waals surface area contributed by atoms with Gasteiger partial charge in [0.2, 0.25) is 5.91 Å². The number of benzene rings is 3. The summed E-state index contributed by atoms with van der Waals surface area (Å²) in [5, 5.41) is 16.3. The predicted octanol–water partition coefficient (Wildman–Crippen LogP) is 5.43. The SMILES string of the molecule is CCN(CC)C(=O)CCCc1cccc2nc(Cn3nc(-c4ccc(O)cc4)c4c(N)ncnc43)n(Cc3ccccc3Cl)c(=O)c12. The fourth-order valence-electron chi connectivity index (χ4n) is 5.93. The van der Waals surface area contributed by atoms with Crippen molar-refractivity contribution >= 4 is 45.3 Å². The van der Waals surface area contributed by atoms with E-state index in [0.717, 1.165) is 16.7 Å². The maximum Gasteiger partial charge on any atom is 0.262 e. The molecule has 0 saturated heterocycles. The van der Waals surface area contributed by atoms with Gasteiger partial charge in [0.1, 0.15) is 36.0 Å². The van der Waals surface area contributed by atoms with Gasteiger partial charge in [-0.15, -0.1) is 0 Å². The molecule has 6 aromatic rings. The van der Waals surface area contributed by atoms with Crippen molar-refractivity contribution in [2.45, 2.75) is 46.2 Å². The van der Waals surface area contributed by atoms with Crippen LogP contribution in [0, 0.1) is 0 Å². The van der Waals surface area contributed by atoms with Crippen LogP contribution < -0.4 is 11.3 Å². The Morgan fingerprint density at radius 1 is 0.936 bits per heavy atom. The quantitative estimate of drug-likeness (QED) is 0.189. The first kappa shape index (κ1) is 31.7. The normalized spacial score (nSPS) is 11.4. The summed E-state index contributed by atoms with van der Waals surface area (Å²) in [6, 6.07) is 19.7. The van der Waals surface area contributed by atoms with Crippen LogP contribution in [0.25, 0.3) is 33.2 Å². The summed E-state index contributed by atoms with van der Waals surface area (Å²) >= 11 is 6.58. The van der Waals surface area contributed by atoms with Gasteiger partial charge in [-0.2, -0.15) is 5.10 Å². The Morgan fingerprint density at radius 2 is 1.68 bits per heavy atom.